The van der Waals surface area contributed by atoms with E-state index >= 15 is 0 Å². The fraction of sp³-hybridized carbons (Fsp3) is 0.250. The van der Waals surface area contributed by atoms with Gasteiger partial charge in [-0.15, -0.1) is 0 Å². The Morgan fingerprint density at radius 3 is 2.06 bits per heavy atom. The van der Waals surface area contributed by atoms with E-state index in [-0.39, 0.29) is 47.0 Å². The fourth-order valence-electron chi connectivity index (χ4n) is 5.31. The molecule has 3 N–H and O–H groups in total. The first-order valence-electron chi connectivity index (χ1n) is 15.2. The van der Waals surface area contributed by atoms with Gasteiger partial charge >= 0.3 is 0 Å². The van der Waals surface area contributed by atoms with E-state index in [1.807, 2.05) is 66.3 Å². The summed E-state index contributed by atoms with van der Waals surface area (Å²) < 4.78 is 33.5. The lowest BCUT2D eigenvalue weighted by Crippen LogP contribution is -2.49. The summed E-state index contributed by atoms with van der Waals surface area (Å²) in [5.74, 6) is -2.39. The number of halogens is 2. The highest BCUT2D eigenvalue weighted by molar-refractivity contribution is 6.05. The number of rotatable bonds is 14. The lowest BCUT2D eigenvalue weighted by molar-refractivity contribution is 0.0779. The van der Waals surface area contributed by atoms with Gasteiger partial charge in [-0.1, -0.05) is 42.5 Å². The molecule has 2 amide bonds. The number of benzene rings is 4. The van der Waals surface area contributed by atoms with Gasteiger partial charge in [0, 0.05) is 35.8 Å². The van der Waals surface area contributed by atoms with E-state index in [1.54, 1.807) is 15.1 Å². The van der Waals surface area contributed by atoms with Crippen molar-refractivity contribution in [2.75, 3.05) is 13.7 Å². The molecular formula is C36H38BF2N3O5. The smallest absolute Gasteiger partial charge is 0.251 e. The summed E-state index contributed by atoms with van der Waals surface area (Å²) in [6, 6.07) is 22.6. The second kappa shape index (κ2) is 16.1. The van der Waals surface area contributed by atoms with Crippen LogP contribution in [0.5, 0.6) is 5.75 Å². The van der Waals surface area contributed by atoms with Gasteiger partial charge in [0.2, 0.25) is 0 Å². The van der Waals surface area contributed by atoms with Crippen molar-refractivity contribution in [2.24, 2.45) is 0 Å². The number of Topliss-reactive ketones (excluding diaryl/α,β-unsaturated/α-hetero) is 1. The van der Waals surface area contributed by atoms with Crippen LogP contribution in [0.25, 0.3) is 0 Å². The quantitative estimate of drug-likeness (QED) is 0.139. The molecule has 0 saturated carbocycles. The molecule has 3 atom stereocenters. The average Bonchev–Trinajstić information content (AvgIpc) is 3.04. The van der Waals surface area contributed by atoms with Gasteiger partial charge in [0.05, 0.1) is 25.3 Å². The second-order valence-electron chi connectivity index (χ2n) is 11.6. The molecule has 47 heavy (non-hydrogen) atoms. The molecule has 0 fully saturated rings. The number of hydrogen-bond donors (Lipinski definition) is 3. The minimum absolute atomic E-state index is 0.0163. The maximum Gasteiger partial charge on any atom is 0.251 e. The van der Waals surface area contributed by atoms with E-state index in [1.165, 1.54) is 25.1 Å². The number of hydrogen-bond acceptors (Lipinski definition) is 6. The monoisotopic (exact) mass is 641 g/mol. The number of amides is 2. The molecule has 0 spiro atoms. The molecule has 11 heteroatoms. The van der Waals surface area contributed by atoms with Crippen LogP contribution in [0.2, 0.25) is 0 Å². The van der Waals surface area contributed by atoms with E-state index in [0.29, 0.717) is 12.3 Å². The first-order valence-corrected chi connectivity index (χ1v) is 15.2. The number of carbonyl (C=O) groups is 3. The minimum Gasteiger partial charge on any atom is -0.497 e. The number of ether oxygens (including phenoxy) is 1. The number of methoxy groups -OCH3 is 1. The summed E-state index contributed by atoms with van der Waals surface area (Å²) in [5.41, 5.74) is 2.31. The van der Waals surface area contributed by atoms with Gasteiger partial charge in [0.1, 0.15) is 17.4 Å². The van der Waals surface area contributed by atoms with Crippen LogP contribution >= 0.6 is 0 Å². The number of aliphatic hydroxyl groups is 1. The standard InChI is InChI=1S/C36H38BF2N3O5/c1-22(26-9-5-4-6-10-26)40-35(45)28-16-27(23(2)43)17-29(18-28)36(46)41-33(15-25-12-30(38)19-31(39)13-25)34(44)21-42(37)20-24-8-7-11-32(14-24)47-3/h4-14,16-19,22,33-34,44H,15,20-21,37H2,1-3H3,(H,40,45)(H,41,46)/t22-,33+,34-/m1/s1. The molecule has 0 radical (unpaired) electrons. The first kappa shape index (κ1) is 35.0. The van der Waals surface area contributed by atoms with E-state index in [9.17, 15) is 28.3 Å². The predicted octanol–water partition coefficient (Wildman–Crippen LogP) is 4.42. The third-order valence-corrected chi connectivity index (χ3v) is 7.76. The number of nitrogens with one attached hydrogen (secondary N) is 2. The Balaban J connectivity index is 1.57. The normalized spacial score (nSPS) is 13.0. The second-order valence-corrected chi connectivity index (χ2v) is 11.6. The largest absolute Gasteiger partial charge is 0.497 e. The average molecular weight is 642 g/mol. The van der Waals surface area contributed by atoms with Gasteiger partial charge in [-0.25, -0.2) is 8.78 Å². The van der Waals surface area contributed by atoms with E-state index in [2.05, 4.69) is 10.6 Å². The van der Waals surface area contributed by atoms with Crippen LogP contribution in [-0.2, 0) is 13.0 Å². The third-order valence-electron chi connectivity index (χ3n) is 7.76. The van der Waals surface area contributed by atoms with Gasteiger partial charge in [-0.05, 0) is 79.4 Å². The molecule has 4 aromatic carbocycles. The molecule has 0 heterocycles. The summed E-state index contributed by atoms with van der Waals surface area (Å²) in [7, 11) is 3.36. The lowest BCUT2D eigenvalue weighted by Gasteiger charge is -2.29. The maximum atomic E-state index is 14.1. The molecule has 4 rings (SSSR count). The molecule has 0 unspecified atom stereocenters. The highest BCUT2D eigenvalue weighted by Gasteiger charge is 2.25. The molecule has 0 aromatic heterocycles. The van der Waals surface area contributed by atoms with Crippen LogP contribution in [0.1, 0.15) is 67.7 Å². The Hall–Kier alpha value is -4.87. The SMILES string of the molecule is BN(Cc1cccc(OC)c1)C[C@@H](O)[C@H](Cc1cc(F)cc(F)c1)NC(=O)c1cc(C(C)=O)cc(C(=O)N[C@H](C)c2ccccc2)c1. The van der Waals surface area contributed by atoms with Crippen LogP contribution in [0, 0.1) is 11.6 Å². The molecule has 8 nitrogen and oxygen atoms in total. The Morgan fingerprint density at radius 1 is 0.830 bits per heavy atom. The summed E-state index contributed by atoms with van der Waals surface area (Å²) in [4.78, 5) is 41.2. The van der Waals surface area contributed by atoms with Gasteiger partial charge in [0.15, 0.2) is 13.8 Å². The Morgan fingerprint density at radius 2 is 1.45 bits per heavy atom. The van der Waals surface area contributed by atoms with Crippen LogP contribution in [0.15, 0.2) is 91.0 Å². The number of ketones is 1. The molecule has 0 saturated heterocycles. The predicted molar refractivity (Wildman–Crippen MR) is 178 cm³/mol. The topological polar surface area (TPSA) is 108 Å². The van der Waals surface area contributed by atoms with Crippen LogP contribution < -0.4 is 15.4 Å². The Kier molecular flexibility index (Phi) is 12.0. The molecule has 244 valence electrons. The third kappa shape index (κ3) is 10.1. The summed E-state index contributed by atoms with van der Waals surface area (Å²) in [6.45, 7) is 3.69. The van der Waals surface area contributed by atoms with Crippen molar-refractivity contribution in [1.29, 1.82) is 0 Å². The minimum atomic E-state index is -1.17. The molecule has 0 aliphatic carbocycles. The van der Waals surface area contributed by atoms with Gasteiger partial charge in [0.25, 0.3) is 11.8 Å². The zero-order chi connectivity index (χ0) is 34.1. The van der Waals surface area contributed by atoms with Crippen molar-refractivity contribution in [1.82, 2.24) is 15.4 Å². The van der Waals surface area contributed by atoms with Crippen molar-refractivity contribution in [3.8, 4) is 5.75 Å². The van der Waals surface area contributed by atoms with Gasteiger partial charge < -0.3 is 25.3 Å². The van der Waals surface area contributed by atoms with Crippen molar-refractivity contribution in [2.45, 2.75) is 45.0 Å². The number of carbonyl (C=O) groups excluding carboxylic acids is 3. The highest BCUT2D eigenvalue weighted by atomic mass is 19.1. The van der Waals surface area contributed by atoms with Crippen LogP contribution in [-0.4, -0.2) is 61.3 Å². The zero-order valence-corrected chi connectivity index (χ0v) is 26.8. The molecule has 4 aromatic rings. The van der Waals surface area contributed by atoms with E-state index in [0.717, 1.165) is 29.3 Å². The lowest BCUT2D eigenvalue weighted by atomic mass is 9.97. The number of aliphatic hydroxyl groups excluding tert-OH is 1. The summed E-state index contributed by atoms with van der Waals surface area (Å²) in [6.07, 6.45) is -1.27. The van der Waals surface area contributed by atoms with Crippen LogP contribution in [0.4, 0.5) is 8.78 Å². The number of nitrogens with zero attached hydrogens (tertiary/aromatic N) is 1. The molecular weight excluding hydrogens is 603 g/mol. The molecule has 0 aliphatic heterocycles. The first-order chi connectivity index (χ1) is 22.4. The summed E-state index contributed by atoms with van der Waals surface area (Å²) in [5, 5.41) is 17.0. The van der Waals surface area contributed by atoms with E-state index < -0.39 is 35.6 Å². The van der Waals surface area contributed by atoms with E-state index in [4.69, 9.17) is 4.74 Å². The van der Waals surface area contributed by atoms with Crippen molar-refractivity contribution < 1.29 is 33.0 Å². The van der Waals surface area contributed by atoms with Crippen molar-refractivity contribution in [3.05, 3.63) is 136 Å². The van der Waals surface area contributed by atoms with Crippen molar-refractivity contribution >= 4 is 25.6 Å². The molecule has 0 bridgehead atoms. The highest BCUT2D eigenvalue weighted by Crippen LogP contribution is 2.19. The van der Waals surface area contributed by atoms with Crippen LogP contribution in [0.3, 0.4) is 0 Å². The maximum absolute atomic E-state index is 14.1. The molecule has 0 aliphatic rings. The zero-order valence-electron chi connectivity index (χ0n) is 26.8. The fourth-order valence-corrected chi connectivity index (χ4v) is 5.31. The van der Waals surface area contributed by atoms with Gasteiger partial charge in [-0.2, -0.15) is 0 Å². The summed E-state index contributed by atoms with van der Waals surface area (Å²) >= 11 is 0. The Labute approximate surface area is 274 Å². The van der Waals surface area contributed by atoms with Gasteiger partial charge in [-0.3, -0.25) is 14.4 Å². The van der Waals surface area contributed by atoms with Crippen molar-refractivity contribution in [3.63, 3.8) is 0 Å². The Bertz CT molecular complexity index is 1700.